The van der Waals surface area contributed by atoms with E-state index in [0.717, 1.165) is 17.5 Å². The minimum absolute atomic E-state index is 0.00131. The van der Waals surface area contributed by atoms with Gasteiger partial charge in [0.05, 0.1) is 6.61 Å². The second kappa shape index (κ2) is 11.4. The first-order chi connectivity index (χ1) is 15.7. The third-order valence-corrected chi connectivity index (χ3v) is 5.79. The van der Waals surface area contributed by atoms with Crippen molar-refractivity contribution in [3.63, 3.8) is 0 Å². The zero-order valence-corrected chi connectivity index (χ0v) is 21.6. The minimum atomic E-state index is -1.26. The Labute approximate surface area is 203 Å². The van der Waals surface area contributed by atoms with Gasteiger partial charge < -0.3 is 14.3 Å². The lowest BCUT2D eigenvalue weighted by Gasteiger charge is -2.28. The number of allylic oxidation sites excluding steroid dienone is 1. The number of hydrogen-bond donors (Lipinski definition) is 0. The quantitative estimate of drug-likeness (QED) is 0.280. The maximum atomic E-state index is 13.5. The molecule has 34 heavy (non-hydrogen) atoms. The molecule has 6 heteroatoms. The van der Waals surface area contributed by atoms with Gasteiger partial charge in [-0.25, -0.2) is 4.79 Å². The standard InChI is InChI=1S/C27H36O5.CH2O/c1-10-31-24(29)18(5)15-27(14-17(4)19(6)28)22-13-20(11-16(2)3)12-21(26(7,8)9)23(22)32-25(27)30;1-2/h12-13,16H,4-5,10-11,14-15H2,1-3,6-9H3;1H2. The number of rotatable bonds is 9. The number of esters is 2. The molecule has 1 aromatic rings. The minimum Gasteiger partial charge on any atom is -0.463 e. The van der Waals surface area contributed by atoms with Crippen molar-refractivity contribution in [3.05, 3.63) is 53.1 Å². The zero-order valence-electron chi connectivity index (χ0n) is 21.6. The second-order valence-electron chi connectivity index (χ2n) is 10.2. The average Bonchev–Trinajstić information content (AvgIpc) is 2.99. The van der Waals surface area contributed by atoms with E-state index < -0.39 is 17.4 Å². The lowest BCUT2D eigenvalue weighted by atomic mass is 9.70. The van der Waals surface area contributed by atoms with E-state index in [0.29, 0.717) is 22.8 Å². The first-order valence-corrected chi connectivity index (χ1v) is 11.5. The zero-order chi connectivity index (χ0) is 26.4. The summed E-state index contributed by atoms with van der Waals surface area (Å²) in [5.74, 6) is -0.330. The van der Waals surface area contributed by atoms with E-state index in [4.69, 9.17) is 14.3 Å². The Hall–Kier alpha value is -3.02. The molecule has 2 rings (SSSR count). The number of carbonyl (C=O) groups excluding carboxylic acids is 4. The molecule has 0 saturated heterocycles. The van der Waals surface area contributed by atoms with Crippen LogP contribution in [0.15, 0.2) is 36.4 Å². The van der Waals surface area contributed by atoms with Crippen molar-refractivity contribution < 1.29 is 28.7 Å². The van der Waals surface area contributed by atoms with E-state index >= 15 is 0 Å². The van der Waals surface area contributed by atoms with Gasteiger partial charge in [-0.3, -0.25) is 9.59 Å². The molecule has 186 valence electrons. The number of carbonyl (C=O) groups is 4. The first kappa shape index (κ1) is 29.0. The van der Waals surface area contributed by atoms with E-state index in [1.54, 1.807) is 6.92 Å². The number of ether oxygens (including phenoxy) is 2. The molecule has 0 aromatic heterocycles. The molecular weight excluding hydrogens is 432 g/mol. The Morgan fingerprint density at radius 1 is 1.09 bits per heavy atom. The molecule has 0 spiro atoms. The van der Waals surface area contributed by atoms with E-state index in [1.807, 2.05) is 12.9 Å². The normalized spacial score (nSPS) is 16.8. The van der Waals surface area contributed by atoms with Crippen LogP contribution in [0.25, 0.3) is 0 Å². The van der Waals surface area contributed by atoms with E-state index in [9.17, 15) is 14.4 Å². The van der Waals surface area contributed by atoms with Gasteiger partial charge in [0.15, 0.2) is 5.78 Å². The summed E-state index contributed by atoms with van der Waals surface area (Å²) in [6.07, 6.45) is 0.882. The van der Waals surface area contributed by atoms with Gasteiger partial charge in [0, 0.05) is 16.7 Å². The third-order valence-electron chi connectivity index (χ3n) is 5.79. The van der Waals surface area contributed by atoms with Crippen molar-refractivity contribution in [2.75, 3.05) is 6.61 Å². The van der Waals surface area contributed by atoms with Crippen LogP contribution in [0.1, 0.15) is 78.0 Å². The highest BCUT2D eigenvalue weighted by Crippen LogP contribution is 2.51. The van der Waals surface area contributed by atoms with Gasteiger partial charge in [-0.2, -0.15) is 0 Å². The number of ketones is 1. The van der Waals surface area contributed by atoms with Crippen LogP contribution in [0.4, 0.5) is 0 Å². The molecule has 1 aliphatic rings. The van der Waals surface area contributed by atoms with Crippen LogP contribution in [0, 0.1) is 5.92 Å². The van der Waals surface area contributed by atoms with E-state index in [-0.39, 0.29) is 36.2 Å². The lowest BCUT2D eigenvalue weighted by molar-refractivity contribution is -0.140. The van der Waals surface area contributed by atoms with Gasteiger partial charge >= 0.3 is 11.9 Å². The molecule has 1 atom stereocenters. The molecule has 0 amide bonds. The molecule has 1 aromatic carbocycles. The van der Waals surface area contributed by atoms with Gasteiger partial charge in [0.25, 0.3) is 0 Å². The molecular formula is C28H38O6. The lowest BCUT2D eigenvalue weighted by Crippen LogP contribution is -2.36. The van der Waals surface area contributed by atoms with Crippen LogP contribution in [-0.4, -0.2) is 31.1 Å². The summed E-state index contributed by atoms with van der Waals surface area (Å²) in [6.45, 7) is 23.6. The van der Waals surface area contributed by atoms with Crippen LogP contribution in [-0.2, 0) is 41.2 Å². The maximum absolute atomic E-state index is 13.5. The van der Waals surface area contributed by atoms with Crippen LogP contribution < -0.4 is 4.74 Å². The Balaban J connectivity index is 0.00000281. The average molecular weight is 471 g/mol. The fraction of sp³-hybridized carbons (Fsp3) is 0.500. The number of Topliss-reactive ketones (excluding diaryl/α,β-unsaturated/α-hetero) is 1. The molecule has 1 unspecified atom stereocenters. The Bertz CT molecular complexity index is 979. The van der Waals surface area contributed by atoms with Crippen molar-refractivity contribution in [2.24, 2.45) is 5.92 Å². The van der Waals surface area contributed by atoms with Gasteiger partial charge in [0.1, 0.15) is 18.0 Å². The molecule has 0 radical (unpaired) electrons. The Morgan fingerprint density at radius 2 is 1.65 bits per heavy atom. The fourth-order valence-corrected chi connectivity index (χ4v) is 4.16. The summed E-state index contributed by atoms with van der Waals surface area (Å²) in [4.78, 5) is 45.9. The molecule has 0 saturated carbocycles. The second-order valence-corrected chi connectivity index (χ2v) is 10.2. The summed E-state index contributed by atoms with van der Waals surface area (Å²) in [7, 11) is 0. The van der Waals surface area contributed by atoms with Crippen molar-refractivity contribution in [3.8, 4) is 5.75 Å². The molecule has 0 bridgehead atoms. The number of benzene rings is 1. The largest absolute Gasteiger partial charge is 0.463 e. The van der Waals surface area contributed by atoms with E-state index in [2.05, 4.69) is 53.8 Å². The highest BCUT2D eigenvalue weighted by atomic mass is 16.5. The van der Waals surface area contributed by atoms with Crippen LogP contribution >= 0.6 is 0 Å². The monoisotopic (exact) mass is 470 g/mol. The van der Waals surface area contributed by atoms with Crippen molar-refractivity contribution in [1.82, 2.24) is 0 Å². The predicted molar refractivity (Wildman–Crippen MR) is 133 cm³/mol. The predicted octanol–water partition coefficient (Wildman–Crippen LogP) is 5.20. The number of fused-ring (bicyclic) bond motifs is 1. The SMILES string of the molecule is C=C(CC1(CC(=C)C(=O)OCC)C(=O)Oc2c(C(C)(C)C)cc(CC(C)C)cc21)C(C)=O.C=O. The van der Waals surface area contributed by atoms with E-state index in [1.165, 1.54) is 6.92 Å². The summed E-state index contributed by atoms with van der Waals surface area (Å²) in [5.41, 5.74) is 1.64. The first-order valence-electron chi connectivity index (χ1n) is 11.5. The van der Waals surface area contributed by atoms with Crippen molar-refractivity contribution in [1.29, 1.82) is 0 Å². The van der Waals surface area contributed by atoms with Crippen LogP contribution in [0.3, 0.4) is 0 Å². The topological polar surface area (TPSA) is 86.7 Å². The summed E-state index contributed by atoms with van der Waals surface area (Å²) >= 11 is 0. The maximum Gasteiger partial charge on any atom is 0.333 e. The van der Waals surface area contributed by atoms with Gasteiger partial charge in [-0.15, -0.1) is 0 Å². The van der Waals surface area contributed by atoms with Crippen molar-refractivity contribution in [2.45, 2.75) is 78.6 Å². The smallest absolute Gasteiger partial charge is 0.333 e. The summed E-state index contributed by atoms with van der Waals surface area (Å²) in [5, 5.41) is 0. The van der Waals surface area contributed by atoms with Crippen LogP contribution in [0.5, 0.6) is 5.75 Å². The third kappa shape index (κ3) is 6.31. The highest BCUT2D eigenvalue weighted by molar-refractivity contribution is 5.99. The number of hydrogen-bond acceptors (Lipinski definition) is 6. The van der Waals surface area contributed by atoms with Gasteiger partial charge in [0.2, 0.25) is 0 Å². The molecule has 6 nitrogen and oxygen atoms in total. The molecule has 0 N–H and O–H groups in total. The molecule has 0 fully saturated rings. The Morgan fingerprint density at radius 3 is 2.12 bits per heavy atom. The fourth-order valence-electron chi connectivity index (χ4n) is 4.16. The Kier molecular flexibility index (Phi) is 9.73. The van der Waals surface area contributed by atoms with Crippen LogP contribution in [0.2, 0.25) is 0 Å². The summed E-state index contributed by atoms with van der Waals surface area (Å²) < 4.78 is 11.0. The van der Waals surface area contributed by atoms with Gasteiger partial charge in [-0.05, 0) is 55.6 Å². The molecule has 1 heterocycles. The van der Waals surface area contributed by atoms with Gasteiger partial charge in [-0.1, -0.05) is 59.9 Å². The van der Waals surface area contributed by atoms with Crippen molar-refractivity contribution >= 4 is 24.5 Å². The highest BCUT2D eigenvalue weighted by Gasteiger charge is 2.52. The molecule has 0 aliphatic carbocycles. The summed E-state index contributed by atoms with van der Waals surface area (Å²) in [6, 6.07) is 4.09. The molecule has 1 aliphatic heterocycles.